The number of benzene rings is 1. The Balaban J connectivity index is 1.90. The standard InChI is InChI=1S/C15H15ClN6O2/c1-15(2,24-12-5-3-11(16)4-6-12)13(23)14(21-9-17-7-19-21)22-10-18-8-20-22/h3-10,14H,1-2H3. The zero-order valence-corrected chi connectivity index (χ0v) is 13.8. The fraction of sp³-hybridized carbons (Fsp3) is 0.267. The molecule has 0 unspecified atom stereocenters. The lowest BCUT2D eigenvalue weighted by Gasteiger charge is -2.29. The van der Waals surface area contributed by atoms with E-state index in [0.717, 1.165) is 0 Å². The number of rotatable bonds is 6. The SMILES string of the molecule is CC(C)(Oc1ccc(Cl)cc1)C(=O)C(n1cncn1)n1cncn1. The van der Waals surface area contributed by atoms with E-state index in [9.17, 15) is 4.79 Å². The van der Waals surface area contributed by atoms with E-state index in [4.69, 9.17) is 16.3 Å². The van der Waals surface area contributed by atoms with Gasteiger partial charge in [0.2, 0.25) is 11.9 Å². The van der Waals surface area contributed by atoms with E-state index in [1.807, 2.05) is 0 Å². The summed E-state index contributed by atoms with van der Waals surface area (Å²) < 4.78 is 8.68. The Hall–Kier alpha value is -2.74. The second kappa shape index (κ2) is 6.40. The van der Waals surface area contributed by atoms with Gasteiger partial charge in [0.25, 0.3) is 0 Å². The fourth-order valence-corrected chi connectivity index (χ4v) is 2.33. The highest BCUT2D eigenvalue weighted by atomic mass is 35.5. The van der Waals surface area contributed by atoms with Gasteiger partial charge in [-0.3, -0.25) is 4.79 Å². The summed E-state index contributed by atoms with van der Waals surface area (Å²) in [5.41, 5.74) is -1.14. The van der Waals surface area contributed by atoms with Gasteiger partial charge in [-0.15, -0.1) is 0 Å². The molecule has 0 atom stereocenters. The third-order valence-corrected chi connectivity index (χ3v) is 3.64. The lowest BCUT2D eigenvalue weighted by molar-refractivity contribution is -0.137. The van der Waals surface area contributed by atoms with Gasteiger partial charge >= 0.3 is 0 Å². The second-order valence-corrected chi connectivity index (χ2v) is 5.99. The van der Waals surface area contributed by atoms with Crippen molar-refractivity contribution in [1.82, 2.24) is 29.5 Å². The lowest BCUT2D eigenvalue weighted by Crippen LogP contribution is -2.45. The third kappa shape index (κ3) is 3.28. The van der Waals surface area contributed by atoms with E-state index >= 15 is 0 Å². The maximum Gasteiger partial charge on any atom is 0.222 e. The van der Waals surface area contributed by atoms with Crippen LogP contribution < -0.4 is 4.74 Å². The van der Waals surface area contributed by atoms with Crippen LogP contribution >= 0.6 is 11.6 Å². The molecular formula is C15H15ClN6O2. The summed E-state index contributed by atoms with van der Waals surface area (Å²) in [6.45, 7) is 3.37. The van der Waals surface area contributed by atoms with Crippen molar-refractivity contribution in [2.75, 3.05) is 0 Å². The molecular weight excluding hydrogens is 332 g/mol. The molecule has 1 aromatic carbocycles. The first-order valence-electron chi connectivity index (χ1n) is 7.14. The molecule has 24 heavy (non-hydrogen) atoms. The van der Waals surface area contributed by atoms with Crippen molar-refractivity contribution in [2.24, 2.45) is 0 Å². The highest BCUT2D eigenvalue weighted by Crippen LogP contribution is 2.25. The van der Waals surface area contributed by atoms with E-state index in [1.54, 1.807) is 38.1 Å². The van der Waals surface area contributed by atoms with Gasteiger partial charge in [0.05, 0.1) is 0 Å². The molecule has 0 amide bonds. The molecule has 0 fully saturated rings. The number of aromatic nitrogens is 6. The minimum Gasteiger partial charge on any atom is -0.480 e. The molecule has 2 heterocycles. The average molecular weight is 347 g/mol. The van der Waals surface area contributed by atoms with Crippen molar-refractivity contribution in [2.45, 2.75) is 25.6 Å². The number of ether oxygens (including phenoxy) is 1. The summed E-state index contributed by atoms with van der Waals surface area (Å²) in [6, 6.07) is 6.81. The van der Waals surface area contributed by atoms with Gasteiger partial charge < -0.3 is 4.74 Å². The smallest absolute Gasteiger partial charge is 0.222 e. The number of halogens is 1. The van der Waals surface area contributed by atoms with E-state index < -0.39 is 11.8 Å². The maximum absolute atomic E-state index is 13.1. The van der Waals surface area contributed by atoms with Gasteiger partial charge in [-0.2, -0.15) is 10.2 Å². The third-order valence-electron chi connectivity index (χ3n) is 3.39. The first-order chi connectivity index (χ1) is 11.5. The summed E-state index contributed by atoms with van der Waals surface area (Å²) in [6.07, 6.45) is 4.75. The monoisotopic (exact) mass is 346 g/mol. The number of carbonyl (C=O) groups is 1. The van der Waals surface area contributed by atoms with Crippen LogP contribution in [0.25, 0.3) is 0 Å². The molecule has 0 aliphatic carbocycles. The van der Waals surface area contributed by atoms with Crippen molar-refractivity contribution in [3.63, 3.8) is 0 Å². The summed E-state index contributed by atoms with van der Waals surface area (Å²) in [5, 5.41) is 8.69. The predicted molar refractivity (Wildman–Crippen MR) is 85.6 cm³/mol. The van der Waals surface area contributed by atoms with Gasteiger partial charge in [0.15, 0.2) is 5.60 Å². The second-order valence-electron chi connectivity index (χ2n) is 5.56. The molecule has 0 radical (unpaired) electrons. The number of ketones is 1. The zero-order valence-electron chi connectivity index (χ0n) is 13.1. The maximum atomic E-state index is 13.1. The Morgan fingerprint density at radius 2 is 1.62 bits per heavy atom. The van der Waals surface area contributed by atoms with Crippen LogP contribution in [0.5, 0.6) is 5.75 Å². The number of nitrogens with zero attached hydrogens (tertiary/aromatic N) is 6. The topological polar surface area (TPSA) is 87.7 Å². The normalized spacial score (nSPS) is 11.7. The molecule has 124 valence electrons. The van der Waals surface area contributed by atoms with Gasteiger partial charge in [0.1, 0.15) is 31.1 Å². The molecule has 9 heteroatoms. The van der Waals surface area contributed by atoms with Crippen LogP contribution in [0.3, 0.4) is 0 Å². The van der Waals surface area contributed by atoms with Gasteiger partial charge in [0, 0.05) is 5.02 Å². The molecule has 8 nitrogen and oxygen atoms in total. The van der Waals surface area contributed by atoms with Gasteiger partial charge in [-0.25, -0.2) is 19.3 Å². The van der Waals surface area contributed by atoms with Crippen LogP contribution in [-0.4, -0.2) is 40.9 Å². The Labute approximate surface area is 143 Å². The van der Waals surface area contributed by atoms with Crippen LogP contribution in [0.2, 0.25) is 5.02 Å². The molecule has 0 N–H and O–H groups in total. The fourth-order valence-electron chi connectivity index (χ4n) is 2.21. The number of hydrogen-bond donors (Lipinski definition) is 0. The molecule has 0 spiro atoms. The summed E-state index contributed by atoms with van der Waals surface area (Å²) >= 11 is 5.87. The molecule has 0 saturated carbocycles. The molecule has 0 aliphatic heterocycles. The average Bonchev–Trinajstić information content (AvgIpc) is 3.24. The van der Waals surface area contributed by atoms with Crippen molar-refractivity contribution in [3.05, 3.63) is 54.6 Å². The summed E-state index contributed by atoms with van der Waals surface area (Å²) in [5.74, 6) is 0.280. The first kappa shape index (κ1) is 16.1. The van der Waals surface area contributed by atoms with Crippen molar-refractivity contribution >= 4 is 17.4 Å². The van der Waals surface area contributed by atoms with E-state index in [1.165, 1.54) is 34.7 Å². The number of hydrogen-bond acceptors (Lipinski definition) is 6. The minimum absolute atomic E-state index is 0.256. The predicted octanol–water partition coefficient (Wildman–Crippen LogP) is 2.00. The van der Waals surface area contributed by atoms with Crippen LogP contribution in [-0.2, 0) is 4.79 Å². The van der Waals surface area contributed by atoms with Crippen molar-refractivity contribution < 1.29 is 9.53 Å². The molecule has 3 rings (SSSR count). The van der Waals surface area contributed by atoms with Crippen LogP contribution in [0.4, 0.5) is 0 Å². The van der Waals surface area contributed by atoms with Gasteiger partial charge in [-0.05, 0) is 38.1 Å². The summed E-state index contributed by atoms with van der Waals surface area (Å²) in [4.78, 5) is 20.9. The van der Waals surface area contributed by atoms with E-state index in [0.29, 0.717) is 10.8 Å². The number of Topliss-reactive ketones (excluding diaryl/α,β-unsaturated/α-hetero) is 1. The molecule has 0 saturated heterocycles. The van der Waals surface area contributed by atoms with Crippen molar-refractivity contribution in [1.29, 1.82) is 0 Å². The molecule has 0 aliphatic rings. The minimum atomic E-state index is -1.14. The quantitative estimate of drug-likeness (QED) is 0.678. The van der Waals surface area contributed by atoms with Crippen LogP contribution in [0.1, 0.15) is 20.0 Å². The Morgan fingerprint density at radius 1 is 1.08 bits per heavy atom. The largest absolute Gasteiger partial charge is 0.480 e. The Kier molecular flexibility index (Phi) is 4.30. The zero-order chi connectivity index (χ0) is 17.2. The highest BCUT2D eigenvalue weighted by Gasteiger charge is 2.39. The highest BCUT2D eigenvalue weighted by molar-refractivity contribution is 6.30. The molecule has 3 aromatic rings. The molecule has 0 bridgehead atoms. The van der Waals surface area contributed by atoms with Gasteiger partial charge in [-0.1, -0.05) is 11.6 Å². The Bertz CT molecular complexity index is 765. The van der Waals surface area contributed by atoms with E-state index in [2.05, 4.69) is 20.2 Å². The first-order valence-corrected chi connectivity index (χ1v) is 7.52. The lowest BCUT2D eigenvalue weighted by atomic mass is 10.0. The van der Waals surface area contributed by atoms with E-state index in [-0.39, 0.29) is 5.78 Å². The molecule has 2 aromatic heterocycles. The summed E-state index contributed by atoms with van der Waals surface area (Å²) in [7, 11) is 0. The van der Waals surface area contributed by atoms with Crippen molar-refractivity contribution in [3.8, 4) is 5.75 Å². The Morgan fingerprint density at radius 3 is 2.08 bits per heavy atom. The van der Waals surface area contributed by atoms with Crippen LogP contribution in [0, 0.1) is 0 Å². The van der Waals surface area contributed by atoms with Crippen LogP contribution in [0.15, 0.2) is 49.6 Å². The number of carbonyl (C=O) groups excluding carboxylic acids is 1.